The summed E-state index contributed by atoms with van der Waals surface area (Å²) in [6, 6.07) is 0. The zero-order chi connectivity index (χ0) is 24.7. The van der Waals surface area contributed by atoms with Crippen molar-refractivity contribution in [2.75, 3.05) is 5.73 Å². The van der Waals surface area contributed by atoms with Gasteiger partial charge in [-0.25, -0.2) is 18.7 Å². The van der Waals surface area contributed by atoms with E-state index in [0.717, 1.165) is 20.0 Å². The van der Waals surface area contributed by atoms with Crippen LogP contribution in [0, 0.1) is 0 Å². The first-order valence-electron chi connectivity index (χ1n) is 9.78. The van der Waals surface area contributed by atoms with Gasteiger partial charge in [-0.2, -0.15) is 18.2 Å². The Kier molecular flexibility index (Phi) is 6.63. The van der Waals surface area contributed by atoms with Crippen LogP contribution >= 0.6 is 0 Å². The Morgan fingerprint density at radius 3 is 2.52 bits per heavy atom. The van der Waals surface area contributed by atoms with Gasteiger partial charge in [-0.1, -0.05) is 6.92 Å². The maximum Gasteiger partial charge on any atom is 0.406 e. The minimum atomic E-state index is -4.79. The van der Waals surface area contributed by atoms with Gasteiger partial charge >= 0.3 is 23.8 Å². The zero-order valence-electron chi connectivity index (χ0n) is 17.7. The van der Waals surface area contributed by atoms with Crippen LogP contribution in [0.1, 0.15) is 33.4 Å². The number of alkyl halides is 4. The monoisotopic (exact) mass is 479 g/mol. The van der Waals surface area contributed by atoms with Crippen LogP contribution in [0.3, 0.4) is 0 Å². The molecular weight excluding hydrogens is 458 g/mol. The maximum atomic E-state index is 15.4. The number of esters is 2. The molecule has 0 saturated carbocycles. The Bertz CT molecular complexity index is 1120. The quantitative estimate of drug-likeness (QED) is 0.479. The van der Waals surface area contributed by atoms with Gasteiger partial charge in [-0.3, -0.25) is 14.2 Å². The number of fused-ring (bicyclic) bond motifs is 1. The van der Waals surface area contributed by atoms with E-state index in [4.69, 9.17) is 19.9 Å². The smallest absolute Gasteiger partial charge is 0.406 e. The highest BCUT2D eigenvalue weighted by Crippen LogP contribution is 2.38. The molecule has 3 rings (SSSR count). The molecule has 2 aromatic rings. The molecule has 1 unspecified atom stereocenters. The van der Waals surface area contributed by atoms with E-state index in [1.54, 1.807) is 6.92 Å². The first-order chi connectivity index (χ1) is 15.3. The standard InChI is InChI=1S/C18H21F4N5O6/c1-4-10(31-7(2)28)12-11(19)13(32-8(3)29)15(33-12)27-14-9(5-24-16(23)25-14)26(17(27)30)6-18(20,21)22/h5,10-13,15H,4,6H2,1-3H3,(H2,23,24,25)/t10?,11-,12+,13+,15+/m0/s1. The zero-order valence-corrected chi connectivity index (χ0v) is 17.7. The molecule has 1 aliphatic rings. The number of hydrogen-bond donors (Lipinski definition) is 1. The molecule has 2 aromatic heterocycles. The SMILES string of the molecule is CCC(OC(C)=O)[C@H]1O[C@@H](n2c(=O)n(CC(F)(F)F)c3cnc(N)nc32)[C@H](OC(C)=O)[C@H]1F. The van der Waals surface area contributed by atoms with E-state index in [2.05, 4.69) is 9.97 Å². The molecule has 0 amide bonds. The fourth-order valence-electron chi connectivity index (χ4n) is 3.70. The number of hydrogen-bond acceptors (Lipinski definition) is 9. The average molecular weight is 479 g/mol. The number of anilines is 1. The van der Waals surface area contributed by atoms with E-state index >= 15 is 4.39 Å². The van der Waals surface area contributed by atoms with Crippen LogP contribution in [0.5, 0.6) is 0 Å². The summed E-state index contributed by atoms with van der Waals surface area (Å²) in [5, 5.41) is 0. The molecule has 182 valence electrons. The number of carbonyl (C=O) groups is 2. The Morgan fingerprint density at radius 2 is 1.97 bits per heavy atom. The largest absolute Gasteiger partial charge is 0.460 e. The van der Waals surface area contributed by atoms with Crippen molar-refractivity contribution in [1.82, 2.24) is 19.1 Å². The number of rotatable bonds is 6. The van der Waals surface area contributed by atoms with Crippen molar-refractivity contribution >= 4 is 29.1 Å². The van der Waals surface area contributed by atoms with Crippen molar-refractivity contribution in [2.24, 2.45) is 0 Å². The number of imidazole rings is 1. The lowest BCUT2D eigenvalue weighted by Gasteiger charge is -2.23. The topological polar surface area (TPSA) is 141 Å². The lowest BCUT2D eigenvalue weighted by atomic mass is 10.0. The summed E-state index contributed by atoms with van der Waals surface area (Å²) in [6.07, 6.45) is -12.0. The number of nitrogens with zero attached hydrogens (tertiary/aromatic N) is 4. The minimum absolute atomic E-state index is 0.101. The Morgan fingerprint density at radius 1 is 1.30 bits per heavy atom. The van der Waals surface area contributed by atoms with Gasteiger partial charge in [0.15, 0.2) is 24.2 Å². The molecule has 5 atom stereocenters. The molecule has 0 aliphatic carbocycles. The number of aromatic nitrogens is 4. The third kappa shape index (κ3) is 4.91. The summed E-state index contributed by atoms with van der Waals surface area (Å²) < 4.78 is 71.4. The third-order valence-electron chi connectivity index (χ3n) is 4.91. The lowest BCUT2D eigenvalue weighted by Crippen LogP contribution is -2.40. The molecule has 11 nitrogen and oxygen atoms in total. The van der Waals surface area contributed by atoms with Gasteiger partial charge in [-0.05, 0) is 6.42 Å². The van der Waals surface area contributed by atoms with Gasteiger partial charge in [0.1, 0.15) is 24.3 Å². The molecule has 3 heterocycles. The fourth-order valence-corrected chi connectivity index (χ4v) is 3.70. The summed E-state index contributed by atoms with van der Waals surface area (Å²) in [6.45, 7) is 1.96. The summed E-state index contributed by atoms with van der Waals surface area (Å²) in [5.74, 6) is -2.04. The highest BCUT2D eigenvalue weighted by atomic mass is 19.4. The summed E-state index contributed by atoms with van der Waals surface area (Å²) in [7, 11) is 0. The summed E-state index contributed by atoms with van der Waals surface area (Å²) in [5.41, 5.74) is 3.55. The number of halogens is 4. The normalized spacial score (nSPS) is 24.1. The van der Waals surface area contributed by atoms with Crippen LogP contribution in [-0.4, -0.2) is 61.7 Å². The van der Waals surface area contributed by atoms with E-state index in [-0.39, 0.29) is 23.5 Å². The second-order valence-electron chi connectivity index (χ2n) is 7.36. The van der Waals surface area contributed by atoms with E-state index in [1.165, 1.54) is 0 Å². The predicted octanol–water partition coefficient (Wildman–Crippen LogP) is 1.25. The van der Waals surface area contributed by atoms with Crippen molar-refractivity contribution in [3.63, 3.8) is 0 Å². The van der Waals surface area contributed by atoms with E-state index in [9.17, 15) is 27.6 Å². The second-order valence-corrected chi connectivity index (χ2v) is 7.36. The average Bonchev–Trinajstić information content (AvgIpc) is 3.12. The molecule has 15 heteroatoms. The fraction of sp³-hybridized carbons (Fsp3) is 0.611. The first kappa shape index (κ1) is 24.4. The van der Waals surface area contributed by atoms with Crippen LogP contribution in [0.4, 0.5) is 23.5 Å². The Labute approximate surface area is 183 Å². The van der Waals surface area contributed by atoms with E-state index in [0.29, 0.717) is 9.13 Å². The Hall–Kier alpha value is -3.23. The van der Waals surface area contributed by atoms with Crippen molar-refractivity contribution in [3.8, 4) is 0 Å². The van der Waals surface area contributed by atoms with Crippen molar-refractivity contribution in [1.29, 1.82) is 0 Å². The molecule has 1 saturated heterocycles. The van der Waals surface area contributed by atoms with Gasteiger partial charge in [0.25, 0.3) is 0 Å². The summed E-state index contributed by atoms with van der Waals surface area (Å²) in [4.78, 5) is 43.5. The minimum Gasteiger partial charge on any atom is -0.460 e. The number of ether oxygens (including phenoxy) is 3. The van der Waals surface area contributed by atoms with E-state index in [1.807, 2.05) is 0 Å². The van der Waals surface area contributed by atoms with Crippen molar-refractivity contribution in [3.05, 3.63) is 16.7 Å². The molecule has 1 fully saturated rings. The van der Waals surface area contributed by atoms with Crippen LogP contribution < -0.4 is 11.4 Å². The highest BCUT2D eigenvalue weighted by molar-refractivity contribution is 5.72. The van der Waals surface area contributed by atoms with Crippen molar-refractivity contribution < 1.29 is 41.4 Å². The molecule has 0 spiro atoms. The molecule has 1 aliphatic heterocycles. The van der Waals surface area contributed by atoms with Crippen molar-refractivity contribution in [2.45, 2.75) is 70.6 Å². The number of nitrogen functional groups attached to an aromatic ring is 1. The predicted molar refractivity (Wildman–Crippen MR) is 102 cm³/mol. The highest BCUT2D eigenvalue weighted by Gasteiger charge is 2.53. The van der Waals surface area contributed by atoms with Gasteiger partial charge in [0.2, 0.25) is 5.95 Å². The van der Waals surface area contributed by atoms with Gasteiger partial charge in [0, 0.05) is 13.8 Å². The molecule has 0 radical (unpaired) electrons. The van der Waals surface area contributed by atoms with Gasteiger partial charge in [0.05, 0.1) is 6.20 Å². The summed E-state index contributed by atoms with van der Waals surface area (Å²) >= 11 is 0. The Balaban J connectivity index is 2.18. The second kappa shape index (κ2) is 8.96. The van der Waals surface area contributed by atoms with Crippen LogP contribution in [0.2, 0.25) is 0 Å². The third-order valence-corrected chi connectivity index (χ3v) is 4.91. The molecular formula is C18H21F4N5O6. The molecule has 0 aromatic carbocycles. The van der Waals surface area contributed by atoms with Gasteiger partial charge < -0.3 is 19.9 Å². The molecule has 2 N–H and O–H groups in total. The molecule has 0 bridgehead atoms. The van der Waals surface area contributed by atoms with Crippen LogP contribution in [0.15, 0.2) is 11.0 Å². The lowest BCUT2D eigenvalue weighted by molar-refractivity contribution is -0.159. The van der Waals surface area contributed by atoms with E-state index < -0.39 is 61.1 Å². The number of nitrogens with two attached hydrogens (primary N) is 1. The van der Waals surface area contributed by atoms with Crippen LogP contribution in [0.25, 0.3) is 11.2 Å². The maximum absolute atomic E-state index is 15.4. The van der Waals surface area contributed by atoms with Gasteiger partial charge in [-0.15, -0.1) is 0 Å². The first-order valence-corrected chi connectivity index (χ1v) is 9.78. The number of carbonyl (C=O) groups excluding carboxylic acids is 2. The molecule has 33 heavy (non-hydrogen) atoms. The van der Waals surface area contributed by atoms with Crippen LogP contribution in [-0.2, 0) is 30.3 Å².